The summed E-state index contributed by atoms with van der Waals surface area (Å²) < 4.78 is 10.1. The molecule has 0 bridgehead atoms. The van der Waals surface area contributed by atoms with Gasteiger partial charge in [0.1, 0.15) is 17.2 Å². The van der Waals surface area contributed by atoms with Crippen molar-refractivity contribution in [2.24, 2.45) is 10.3 Å². The fourth-order valence-corrected chi connectivity index (χ4v) is 1.41. The molecule has 1 rings (SSSR count). The van der Waals surface area contributed by atoms with E-state index in [2.05, 4.69) is 15.6 Å². The van der Waals surface area contributed by atoms with E-state index in [1.54, 1.807) is 18.2 Å². The number of hydrogen-bond acceptors (Lipinski definition) is 7. The van der Waals surface area contributed by atoms with Crippen LogP contribution in [-0.2, 0) is 4.79 Å². The SMILES string of the molecule is COc1ccc(NC(=O)C(=N/O)/C(C)=N\O)c(OC)c1. The lowest BCUT2D eigenvalue weighted by atomic mass is 10.2. The average Bonchev–Trinajstić information content (AvgIpc) is 2.48. The summed E-state index contributed by atoms with van der Waals surface area (Å²) in [6, 6.07) is 4.77. The molecule has 0 aromatic heterocycles. The van der Waals surface area contributed by atoms with E-state index >= 15 is 0 Å². The molecule has 0 saturated heterocycles. The van der Waals surface area contributed by atoms with Gasteiger partial charge in [-0.15, -0.1) is 0 Å². The summed E-state index contributed by atoms with van der Waals surface area (Å²) >= 11 is 0. The molecule has 8 nitrogen and oxygen atoms in total. The Labute approximate surface area is 115 Å². The van der Waals surface area contributed by atoms with Crippen LogP contribution < -0.4 is 14.8 Å². The molecule has 0 radical (unpaired) electrons. The number of amides is 1. The van der Waals surface area contributed by atoms with E-state index in [4.69, 9.17) is 19.9 Å². The smallest absolute Gasteiger partial charge is 0.279 e. The van der Waals surface area contributed by atoms with Gasteiger partial charge in [-0.1, -0.05) is 10.3 Å². The van der Waals surface area contributed by atoms with Crippen molar-refractivity contribution in [2.45, 2.75) is 6.92 Å². The van der Waals surface area contributed by atoms with Crippen LogP contribution in [0.25, 0.3) is 0 Å². The number of carbonyl (C=O) groups excluding carboxylic acids is 1. The minimum absolute atomic E-state index is 0.127. The van der Waals surface area contributed by atoms with Gasteiger partial charge in [-0.2, -0.15) is 0 Å². The van der Waals surface area contributed by atoms with Gasteiger partial charge in [0.15, 0.2) is 5.71 Å². The Morgan fingerprint density at radius 2 is 1.90 bits per heavy atom. The summed E-state index contributed by atoms with van der Waals surface area (Å²) in [5.41, 5.74) is -0.187. The highest BCUT2D eigenvalue weighted by Gasteiger charge is 2.18. The van der Waals surface area contributed by atoms with Crippen LogP contribution in [0.5, 0.6) is 11.5 Å². The second kappa shape index (κ2) is 6.98. The van der Waals surface area contributed by atoms with E-state index in [0.29, 0.717) is 17.2 Å². The maximum absolute atomic E-state index is 11.9. The lowest BCUT2D eigenvalue weighted by molar-refractivity contribution is -0.110. The molecule has 1 amide bonds. The number of ether oxygens (including phenoxy) is 2. The monoisotopic (exact) mass is 281 g/mol. The molecule has 20 heavy (non-hydrogen) atoms. The zero-order valence-electron chi connectivity index (χ0n) is 11.2. The van der Waals surface area contributed by atoms with Crippen molar-refractivity contribution in [1.29, 1.82) is 0 Å². The van der Waals surface area contributed by atoms with Crippen molar-refractivity contribution in [1.82, 2.24) is 0 Å². The molecule has 8 heteroatoms. The van der Waals surface area contributed by atoms with E-state index in [-0.39, 0.29) is 5.71 Å². The van der Waals surface area contributed by atoms with Crippen LogP contribution in [0.15, 0.2) is 28.5 Å². The van der Waals surface area contributed by atoms with Crippen molar-refractivity contribution >= 4 is 23.0 Å². The Morgan fingerprint density at radius 1 is 1.20 bits per heavy atom. The number of oxime groups is 2. The molecule has 0 fully saturated rings. The Hall–Kier alpha value is -2.77. The standard InChI is InChI=1S/C12H15N3O5/c1-7(14-17)11(15-18)12(16)13-9-5-4-8(19-2)6-10(9)20-3/h4-6,17-18H,1-3H3,(H,13,16)/b14-7-,15-11+. The number of carbonyl (C=O) groups is 1. The summed E-state index contributed by atoms with van der Waals surface area (Å²) in [4.78, 5) is 11.9. The van der Waals surface area contributed by atoms with Crippen LogP contribution in [0.2, 0.25) is 0 Å². The van der Waals surface area contributed by atoms with Crippen LogP contribution in [0.3, 0.4) is 0 Å². The highest BCUT2D eigenvalue weighted by molar-refractivity contribution is 6.68. The second-order valence-electron chi connectivity index (χ2n) is 3.65. The number of hydrogen-bond donors (Lipinski definition) is 3. The minimum atomic E-state index is -0.744. The van der Waals surface area contributed by atoms with Crippen molar-refractivity contribution in [3.63, 3.8) is 0 Å². The number of benzene rings is 1. The quantitative estimate of drug-likeness (QED) is 0.428. The van der Waals surface area contributed by atoms with Crippen LogP contribution in [0.4, 0.5) is 5.69 Å². The lowest BCUT2D eigenvalue weighted by Gasteiger charge is -2.11. The zero-order chi connectivity index (χ0) is 15.1. The third kappa shape index (κ3) is 3.37. The first-order valence-corrected chi connectivity index (χ1v) is 5.51. The molecule has 0 aliphatic carbocycles. The van der Waals surface area contributed by atoms with Gasteiger partial charge in [0.25, 0.3) is 5.91 Å². The summed E-state index contributed by atoms with van der Waals surface area (Å²) in [5, 5.41) is 25.4. The highest BCUT2D eigenvalue weighted by atomic mass is 16.5. The van der Waals surface area contributed by atoms with Gasteiger partial charge in [-0.05, 0) is 19.1 Å². The van der Waals surface area contributed by atoms with Gasteiger partial charge in [-0.3, -0.25) is 4.79 Å². The first kappa shape index (κ1) is 15.3. The minimum Gasteiger partial charge on any atom is -0.497 e. The number of nitrogens with zero attached hydrogens (tertiary/aromatic N) is 2. The molecule has 108 valence electrons. The van der Waals surface area contributed by atoms with E-state index < -0.39 is 11.6 Å². The van der Waals surface area contributed by atoms with E-state index in [0.717, 1.165) is 0 Å². The van der Waals surface area contributed by atoms with E-state index in [9.17, 15) is 4.79 Å². The van der Waals surface area contributed by atoms with Crippen molar-refractivity contribution in [3.05, 3.63) is 18.2 Å². The Balaban J connectivity index is 3.01. The molecule has 0 unspecified atom stereocenters. The molecule has 0 spiro atoms. The molecular formula is C12H15N3O5. The van der Waals surface area contributed by atoms with Crippen LogP contribution in [-0.4, -0.2) is 42.0 Å². The summed E-state index contributed by atoms with van der Waals surface area (Å²) in [6.07, 6.45) is 0. The summed E-state index contributed by atoms with van der Waals surface area (Å²) in [7, 11) is 2.94. The topological polar surface area (TPSA) is 113 Å². The molecule has 0 atom stereocenters. The van der Waals surface area contributed by atoms with Gasteiger partial charge in [0.2, 0.25) is 0 Å². The predicted molar refractivity (Wildman–Crippen MR) is 72.3 cm³/mol. The molecule has 1 aromatic rings. The van der Waals surface area contributed by atoms with Crippen LogP contribution >= 0.6 is 0 Å². The molecule has 0 aliphatic heterocycles. The Kier molecular flexibility index (Phi) is 5.33. The normalized spacial score (nSPS) is 11.9. The number of methoxy groups -OCH3 is 2. The maximum atomic E-state index is 11.9. The molecule has 3 N–H and O–H groups in total. The third-order valence-electron chi connectivity index (χ3n) is 2.46. The fourth-order valence-electron chi connectivity index (χ4n) is 1.41. The molecule has 0 aliphatic rings. The highest BCUT2D eigenvalue weighted by Crippen LogP contribution is 2.28. The fraction of sp³-hybridized carbons (Fsp3) is 0.250. The average molecular weight is 281 g/mol. The molecule has 0 heterocycles. The summed E-state index contributed by atoms with van der Waals surface area (Å²) in [6.45, 7) is 1.32. The van der Waals surface area contributed by atoms with Gasteiger partial charge in [0, 0.05) is 6.07 Å². The van der Waals surface area contributed by atoms with Gasteiger partial charge < -0.3 is 25.2 Å². The van der Waals surface area contributed by atoms with Crippen molar-refractivity contribution in [3.8, 4) is 11.5 Å². The van der Waals surface area contributed by atoms with Crippen LogP contribution in [0.1, 0.15) is 6.92 Å². The van der Waals surface area contributed by atoms with Gasteiger partial charge in [-0.25, -0.2) is 0 Å². The van der Waals surface area contributed by atoms with E-state index in [1.807, 2.05) is 0 Å². The van der Waals surface area contributed by atoms with Gasteiger partial charge in [0.05, 0.1) is 19.9 Å². The number of anilines is 1. The summed E-state index contributed by atoms with van der Waals surface area (Å²) in [5.74, 6) is 0.184. The van der Waals surface area contributed by atoms with Crippen molar-refractivity contribution in [2.75, 3.05) is 19.5 Å². The number of nitrogens with one attached hydrogen (secondary N) is 1. The maximum Gasteiger partial charge on any atom is 0.279 e. The zero-order valence-corrected chi connectivity index (χ0v) is 11.2. The molecule has 1 aromatic carbocycles. The van der Waals surface area contributed by atoms with Crippen LogP contribution in [0, 0.1) is 0 Å². The Morgan fingerprint density at radius 3 is 2.40 bits per heavy atom. The lowest BCUT2D eigenvalue weighted by Crippen LogP contribution is -2.28. The first-order valence-electron chi connectivity index (χ1n) is 5.51. The third-order valence-corrected chi connectivity index (χ3v) is 2.46. The first-order chi connectivity index (χ1) is 9.57. The largest absolute Gasteiger partial charge is 0.497 e. The second-order valence-corrected chi connectivity index (χ2v) is 3.65. The van der Waals surface area contributed by atoms with Gasteiger partial charge >= 0.3 is 0 Å². The van der Waals surface area contributed by atoms with Crippen molar-refractivity contribution < 1.29 is 24.7 Å². The molecular weight excluding hydrogens is 266 g/mol. The number of rotatable bonds is 5. The molecule has 0 saturated carbocycles. The predicted octanol–water partition coefficient (Wildman–Crippen LogP) is 1.32. The Bertz CT molecular complexity index is 554. The van der Waals surface area contributed by atoms with E-state index in [1.165, 1.54) is 21.1 Å².